The van der Waals surface area contributed by atoms with E-state index in [4.69, 9.17) is 16.1 Å². The highest BCUT2D eigenvalue weighted by atomic mass is 127. The summed E-state index contributed by atoms with van der Waals surface area (Å²) in [6.45, 7) is 1.46. The van der Waals surface area contributed by atoms with Gasteiger partial charge in [0.15, 0.2) is 5.96 Å². The van der Waals surface area contributed by atoms with Gasteiger partial charge in [0.2, 0.25) is 11.7 Å². The van der Waals surface area contributed by atoms with Gasteiger partial charge in [0, 0.05) is 37.1 Å². The summed E-state index contributed by atoms with van der Waals surface area (Å²) in [5.74, 6) is 1.89. The van der Waals surface area contributed by atoms with Crippen LogP contribution in [0.25, 0.3) is 11.4 Å². The summed E-state index contributed by atoms with van der Waals surface area (Å²) in [5, 5.41) is 11.2. The number of benzene rings is 2. The van der Waals surface area contributed by atoms with Crippen LogP contribution in [-0.4, -0.2) is 36.2 Å². The fourth-order valence-corrected chi connectivity index (χ4v) is 2.68. The Morgan fingerprint density at radius 2 is 1.68 bits per heavy atom. The zero-order valence-electron chi connectivity index (χ0n) is 15.6. The average Bonchev–Trinajstić information content (AvgIpc) is 3.17. The van der Waals surface area contributed by atoms with Crippen LogP contribution in [-0.2, 0) is 12.8 Å². The number of aliphatic imine (C=N–C) groups is 1. The van der Waals surface area contributed by atoms with Crippen molar-refractivity contribution in [2.24, 2.45) is 4.99 Å². The molecule has 0 aliphatic carbocycles. The summed E-state index contributed by atoms with van der Waals surface area (Å²) in [5.41, 5.74) is 2.17. The van der Waals surface area contributed by atoms with Gasteiger partial charge in [-0.15, -0.1) is 24.0 Å². The molecule has 0 aliphatic rings. The predicted molar refractivity (Wildman–Crippen MR) is 123 cm³/mol. The third-order valence-electron chi connectivity index (χ3n) is 3.97. The van der Waals surface area contributed by atoms with E-state index in [9.17, 15) is 0 Å². The van der Waals surface area contributed by atoms with E-state index in [0.29, 0.717) is 29.7 Å². The topological polar surface area (TPSA) is 75.3 Å². The lowest BCUT2D eigenvalue weighted by atomic mass is 10.1. The third-order valence-corrected chi connectivity index (χ3v) is 4.23. The van der Waals surface area contributed by atoms with Crippen molar-refractivity contribution in [3.63, 3.8) is 0 Å². The summed E-state index contributed by atoms with van der Waals surface area (Å²) in [6, 6.07) is 17.7. The van der Waals surface area contributed by atoms with Crippen molar-refractivity contribution in [2.75, 3.05) is 20.1 Å². The van der Waals surface area contributed by atoms with Crippen LogP contribution >= 0.6 is 35.6 Å². The molecule has 8 heteroatoms. The lowest BCUT2D eigenvalue weighted by molar-refractivity contribution is 0.378. The molecule has 0 fully saturated rings. The van der Waals surface area contributed by atoms with Gasteiger partial charge in [-0.2, -0.15) is 4.98 Å². The number of nitrogens with zero attached hydrogens (tertiary/aromatic N) is 3. The van der Waals surface area contributed by atoms with E-state index in [2.05, 4.69) is 37.9 Å². The summed E-state index contributed by atoms with van der Waals surface area (Å²) in [6.07, 6.45) is 1.55. The molecule has 2 aromatic carbocycles. The van der Waals surface area contributed by atoms with Crippen LogP contribution in [0.15, 0.2) is 64.1 Å². The van der Waals surface area contributed by atoms with Crippen molar-refractivity contribution in [2.45, 2.75) is 12.8 Å². The smallest absolute Gasteiger partial charge is 0.228 e. The average molecular weight is 512 g/mol. The van der Waals surface area contributed by atoms with Gasteiger partial charge in [-0.1, -0.05) is 47.1 Å². The van der Waals surface area contributed by atoms with Crippen LogP contribution in [0, 0.1) is 0 Å². The quantitative estimate of drug-likeness (QED) is 0.285. The zero-order chi connectivity index (χ0) is 18.9. The third kappa shape index (κ3) is 6.79. The van der Waals surface area contributed by atoms with Gasteiger partial charge in [0.1, 0.15) is 0 Å². The van der Waals surface area contributed by atoms with Crippen molar-refractivity contribution >= 4 is 41.5 Å². The molecule has 3 aromatic rings. The molecular formula is C20H23ClIN5O. The molecular weight excluding hydrogens is 489 g/mol. The van der Waals surface area contributed by atoms with Gasteiger partial charge in [-0.25, -0.2) is 0 Å². The highest BCUT2D eigenvalue weighted by Gasteiger charge is 2.08. The number of rotatable bonds is 7. The Balaban J connectivity index is 0.00000280. The molecule has 0 unspecified atom stereocenters. The Labute approximate surface area is 186 Å². The van der Waals surface area contributed by atoms with Crippen molar-refractivity contribution in [1.82, 2.24) is 20.8 Å². The molecule has 148 valence electrons. The molecule has 2 N–H and O–H groups in total. The van der Waals surface area contributed by atoms with Gasteiger partial charge in [0.05, 0.1) is 0 Å². The van der Waals surface area contributed by atoms with Crippen LogP contribution in [0.1, 0.15) is 11.5 Å². The molecule has 0 aliphatic heterocycles. The Morgan fingerprint density at radius 1 is 1.00 bits per heavy atom. The predicted octanol–water partition coefficient (Wildman–Crippen LogP) is 3.96. The highest BCUT2D eigenvalue weighted by Crippen LogP contribution is 2.18. The Bertz CT molecular complexity index is 868. The lowest BCUT2D eigenvalue weighted by Gasteiger charge is -2.11. The maximum atomic E-state index is 5.90. The second-order valence-corrected chi connectivity index (χ2v) is 6.37. The first-order chi connectivity index (χ1) is 13.2. The first-order valence-electron chi connectivity index (χ1n) is 8.81. The molecule has 0 saturated heterocycles. The van der Waals surface area contributed by atoms with Gasteiger partial charge in [0.25, 0.3) is 0 Å². The standard InChI is InChI=1S/C20H22ClN5O.HI/c1-22-20(23-13-11-15-5-3-2-4-6-15)24-14-12-18-25-19(26-27-18)16-7-9-17(21)10-8-16;/h2-10H,11-14H2,1H3,(H2,22,23,24);1H. The second-order valence-electron chi connectivity index (χ2n) is 5.93. The van der Waals surface area contributed by atoms with Crippen LogP contribution in [0.5, 0.6) is 0 Å². The minimum absolute atomic E-state index is 0. The van der Waals surface area contributed by atoms with Crippen LogP contribution in [0.4, 0.5) is 0 Å². The van der Waals surface area contributed by atoms with E-state index in [0.717, 1.165) is 24.5 Å². The summed E-state index contributed by atoms with van der Waals surface area (Å²) < 4.78 is 5.31. The molecule has 0 saturated carbocycles. The molecule has 3 rings (SSSR count). The fourth-order valence-electron chi connectivity index (χ4n) is 2.55. The summed E-state index contributed by atoms with van der Waals surface area (Å²) >= 11 is 5.90. The van der Waals surface area contributed by atoms with Gasteiger partial charge in [-0.05, 0) is 36.2 Å². The zero-order valence-corrected chi connectivity index (χ0v) is 18.6. The Morgan fingerprint density at radius 3 is 2.36 bits per heavy atom. The van der Waals surface area contributed by atoms with Crippen molar-refractivity contribution in [3.8, 4) is 11.4 Å². The maximum Gasteiger partial charge on any atom is 0.228 e. The monoisotopic (exact) mass is 511 g/mol. The van der Waals surface area contributed by atoms with Crippen LogP contribution in [0.3, 0.4) is 0 Å². The maximum absolute atomic E-state index is 5.90. The molecule has 0 atom stereocenters. The second kappa shape index (κ2) is 11.7. The van der Waals surface area contributed by atoms with Gasteiger partial charge >= 0.3 is 0 Å². The number of hydrogen-bond donors (Lipinski definition) is 2. The number of halogens is 2. The molecule has 0 bridgehead atoms. The molecule has 0 spiro atoms. The van der Waals surface area contributed by atoms with E-state index in [-0.39, 0.29) is 24.0 Å². The van der Waals surface area contributed by atoms with E-state index < -0.39 is 0 Å². The molecule has 1 heterocycles. The number of nitrogens with one attached hydrogen (secondary N) is 2. The SMILES string of the molecule is CN=C(NCCc1ccccc1)NCCc1nc(-c2ccc(Cl)cc2)no1.I. The molecule has 1 aromatic heterocycles. The van der Waals surface area contributed by atoms with E-state index >= 15 is 0 Å². The summed E-state index contributed by atoms with van der Waals surface area (Å²) in [7, 11) is 1.75. The largest absolute Gasteiger partial charge is 0.356 e. The fraction of sp³-hybridized carbons (Fsp3) is 0.250. The normalized spacial score (nSPS) is 11.0. The minimum Gasteiger partial charge on any atom is -0.356 e. The Kier molecular flexibility index (Phi) is 9.22. The first kappa shape index (κ1) is 22.2. The van der Waals surface area contributed by atoms with E-state index in [1.807, 2.05) is 30.3 Å². The first-order valence-corrected chi connectivity index (χ1v) is 9.19. The number of aromatic nitrogens is 2. The van der Waals surface area contributed by atoms with E-state index in [1.165, 1.54) is 5.56 Å². The molecule has 0 radical (unpaired) electrons. The van der Waals surface area contributed by atoms with E-state index in [1.54, 1.807) is 19.2 Å². The van der Waals surface area contributed by atoms with Crippen molar-refractivity contribution in [1.29, 1.82) is 0 Å². The van der Waals surface area contributed by atoms with Gasteiger partial charge in [-0.3, -0.25) is 4.99 Å². The Hall–Kier alpha value is -2.13. The molecule has 28 heavy (non-hydrogen) atoms. The van der Waals surface area contributed by atoms with Crippen LogP contribution < -0.4 is 10.6 Å². The van der Waals surface area contributed by atoms with Crippen molar-refractivity contribution in [3.05, 3.63) is 71.1 Å². The number of guanidine groups is 1. The minimum atomic E-state index is 0. The number of hydrogen-bond acceptors (Lipinski definition) is 4. The lowest BCUT2D eigenvalue weighted by Crippen LogP contribution is -2.39. The molecule has 0 amide bonds. The van der Waals surface area contributed by atoms with Gasteiger partial charge < -0.3 is 15.2 Å². The molecule has 6 nitrogen and oxygen atoms in total. The van der Waals surface area contributed by atoms with Crippen molar-refractivity contribution < 1.29 is 4.52 Å². The summed E-state index contributed by atoms with van der Waals surface area (Å²) in [4.78, 5) is 8.64. The van der Waals surface area contributed by atoms with Crippen LogP contribution in [0.2, 0.25) is 5.02 Å². The highest BCUT2D eigenvalue weighted by molar-refractivity contribution is 14.0.